The number of alkyl halides is 3. The van der Waals surface area contributed by atoms with E-state index in [1.54, 1.807) is 13.0 Å². The number of amides is 1. The molecule has 11 heteroatoms. The Hall–Kier alpha value is -3.73. The lowest BCUT2D eigenvalue weighted by Crippen LogP contribution is -2.48. The van der Waals surface area contributed by atoms with Gasteiger partial charge in [-0.1, -0.05) is 30.3 Å². The number of H-pyrrole nitrogens is 1. The van der Waals surface area contributed by atoms with E-state index in [9.17, 15) is 23.1 Å². The highest BCUT2D eigenvalue weighted by molar-refractivity contribution is 6.27. The molecule has 1 amide bonds. The molecule has 37 heavy (non-hydrogen) atoms. The van der Waals surface area contributed by atoms with Gasteiger partial charge in [0.15, 0.2) is 0 Å². The Morgan fingerprint density at radius 1 is 1.19 bits per heavy atom. The summed E-state index contributed by atoms with van der Waals surface area (Å²) in [6.07, 6.45) is -4.00. The lowest BCUT2D eigenvalue weighted by molar-refractivity contribution is -0.136. The van der Waals surface area contributed by atoms with E-state index in [2.05, 4.69) is 25.9 Å². The van der Waals surface area contributed by atoms with Gasteiger partial charge in [0.05, 0.1) is 23.8 Å². The molecular formula is C26H26F3N5O3. The Labute approximate surface area is 210 Å². The first-order valence-electron chi connectivity index (χ1n) is 12.1. The Kier molecular flexibility index (Phi) is 6.49. The average Bonchev–Trinajstić information content (AvgIpc) is 3.50. The SMILES string of the molecule is CC(O)c1ccc(C2=C(c3nn[nH]n3)C(=O)N[C@@]3(CCc4cc(OCCCC(F)(F)F)ccc43)C2)cc1. The predicted octanol–water partition coefficient (Wildman–Crippen LogP) is 4.25. The predicted molar refractivity (Wildman–Crippen MR) is 128 cm³/mol. The number of aliphatic hydroxyl groups is 1. The van der Waals surface area contributed by atoms with Crippen molar-refractivity contribution >= 4 is 17.1 Å². The van der Waals surface area contributed by atoms with Crippen LogP contribution in [0.5, 0.6) is 5.75 Å². The quantitative estimate of drug-likeness (QED) is 0.407. The summed E-state index contributed by atoms with van der Waals surface area (Å²) in [6.45, 7) is 1.66. The van der Waals surface area contributed by atoms with Gasteiger partial charge in [-0.15, -0.1) is 10.2 Å². The molecule has 2 atom stereocenters. The van der Waals surface area contributed by atoms with Crippen molar-refractivity contribution in [2.45, 2.75) is 56.8 Å². The number of benzene rings is 2. The monoisotopic (exact) mass is 513 g/mol. The van der Waals surface area contributed by atoms with Crippen LogP contribution in [0.4, 0.5) is 13.2 Å². The smallest absolute Gasteiger partial charge is 0.389 e. The number of hydrogen-bond donors (Lipinski definition) is 3. The van der Waals surface area contributed by atoms with Gasteiger partial charge in [0, 0.05) is 12.8 Å². The molecule has 5 rings (SSSR count). The highest BCUT2D eigenvalue weighted by Crippen LogP contribution is 2.48. The standard InChI is InChI=1S/C26H26F3N5O3/c1-15(35)16-3-5-17(6-4-16)20-14-25(30-24(36)22(20)23-31-33-34-32-23)11-9-18-13-19(7-8-21(18)25)37-12-2-10-26(27,28)29/h3-8,13,15,35H,2,9-12,14H2,1H3,(H,30,36)(H,31,32,33,34)/t15?,25-/m0/s1. The van der Waals surface area contributed by atoms with Crippen LogP contribution < -0.4 is 10.1 Å². The number of aromatic nitrogens is 4. The molecule has 8 nitrogen and oxygen atoms in total. The lowest BCUT2D eigenvalue weighted by Gasteiger charge is -2.37. The van der Waals surface area contributed by atoms with Crippen molar-refractivity contribution in [3.8, 4) is 5.75 Å². The molecule has 1 spiro atoms. The van der Waals surface area contributed by atoms with E-state index in [1.807, 2.05) is 36.4 Å². The van der Waals surface area contributed by atoms with E-state index in [1.165, 1.54) is 0 Å². The first-order chi connectivity index (χ1) is 17.7. The maximum absolute atomic E-state index is 13.5. The summed E-state index contributed by atoms with van der Waals surface area (Å²) < 4.78 is 42.8. The number of ether oxygens (including phenoxy) is 1. The van der Waals surface area contributed by atoms with Gasteiger partial charge in [-0.2, -0.15) is 18.4 Å². The molecule has 2 aromatic carbocycles. The minimum atomic E-state index is -4.20. The number of tetrazole rings is 1. The molecule has 0 fully saturated rings. The molecule has 2 heterocycles. The van der Waals surface area contributed by atoms with E-state index < -0.39 is 24.2 Å². The number of carbonyl (C=O) groups excluding carboxylic acids is 1. The number of nitrogens with one attached hydrogen (secondary N) is 2. The maximum atomic E-state index is 13.5. The molecule has 0 saturated heterocycles. The van der Waals surface area contributed by atoms with E-state index in [0.717, 1.165) is 27.8 Å². The van der Waals surface area contributed by atoms with Crippen LogP contribution in [0.15, 0.2) is 42.5 Å². The molecule has 194 valence electrons. The highest BCUT2D eigenvalue weighted by atomic mass is 19.4. The van der Waals surface area contributed by atoms with Crippen molar-refractivity contribution in [3.05, 3.63) is 70.5 Å². The van der Waals surface area contributed by atoms with E-state index >= 15 is 0 Å². The summed E-state index contributed by atoms with van der Waals surface area (Å²) in [7, 11) is 0. The van der Waals surface area contributed by atoms with Crippen molar-refractivity contribution in [2.75, 3.05) is 6.61 Å². The second kappa shape index (κ2) is 9.62. The van der Waals surface area contributed by atoms with Crippen LogP contribution in [0.2, 0.25) is 0 Å². The number of hydrogen-bond acceptors (Lipinski definition) is 6. The van der Waals surface area contributed by atoms with Gasteiger partial charge in [0.2, 0.25) is 5.82 Å². The summed E-state index contributed by atoms with van der Waals surface area (Å²) in [5, 5.41) is 27.2. The van der Waals surface area contributed by atoms with Crippen LogP contribution in [-0.4, -0.2) is 44.4 Å². The van der Waals surface area contributed by atoms with Gasteiger partial charge in [0.1, 0.15) is 5.75 Å². The topological polar surface area (TPSA) is 113 Å². The molecule has 0 radical (unpaired) electrons. The van der Waals surface area contributed by atoms with Crippen LogP contribution >= 0.6 is 0 Å². The van der Waals surface area contributed by atoms with Crippen molar-refractivity contribution in [1.82, 2.24) is 25.9 Å². The normalized spacial score (nSPS) is 20.2. The zero-order valence-electron chi connectivity index (χ0n) is 20.1. The van der Waals surface area contributed by atoms with Gasteiger partial charge in [-0.3, -0.25) is 4.79 Å². The fourth-order valence-electron chi connectivity index (χ4n) is 5.16. The fraction of sp³-hybridized carbons (Fsp3) is 0.385. The van der Waals surface area contributed by atoms with Gasteiger partial charge in [-0.25, -0.2) is 0 Å². The Bertz CT molecular complexity index is 1320. The third-order valence-corrected chi connectivity index (χ3v) is 6.96. The first-order valence-corrected chi connectivity index (χ1v) is 12.1. The molecule has 1 aliphatic carbocycles. The zero-order valence-corrected chi connectivity index (χ0v) is 20.1. The summed E-state index contributed by atoms with van der Waals surface area (Å²) in [5.41, 5.74) is 3.96. The van der Waals surface area contributed by atoms with Crippen LogP contribution in [0.1, 0.15) is 66.8 Å². The Morgan fingerprint density at radius 3 is 2.65 bits per heavy atom. The number of fused-ring (bicyclic) bond motifs is 2. The number of aliphatic hydroxyl groups excluding tert-OH is 1. The molecule has 3 N–H and O–H groups in total. The number of nitrogens with zero attached hydrogens (tertiary/aromatic N) is 3. The second-order valence-electron chi connectivity index (χ2n) is 9.49. The largest absolute Gasteiger partial charge is 0.494 e. The van der Waals surface area contributed by atoms with Crippen molar-refractivity contribution in [1.29, 1.82) is 0 Å². The molecule has 1 aliphatic heterocycles. The van der Waals surface area contributed by atoms with Gasteiger partial charge < -0.3 is 15.2 Å². The van der Waals surface area contributed by atoms with Crippen LogP contribution in [-0.2, 0) is 16.8 Å². The number of carbonyl (C=O) groups is 1. The van der Waals surface area contributed by atoms with Gasteiger partial charge >= 0.3 is 6.18 Å². The summed E-state index contributed by atoms with van der Waals surface area (Å²) in [4.78, 5) is 13.5. The Morgan fingerprint density at radius 2 is 1.97 bits per heavy atom. The second-order valence-corrected chi connectivity index (χ2v) is 9.49. The summed E-state index contributed by atoms with van der Waals surface area (Å²) in [6, 6.07) is 12.9. The van der Waals surface area contributed by atoms with Crippen LogP contribution in [0.25, 0.3) is 11.1 Å². The van der Waals surface area contributed by atoms with E-state index in [-0.39, 0.29) is 24.8 Å². The van der Waals surface area contributed by atoms with Crippen molar-refractivity contribution < 1.29 is 27.8 Å². The molecule has 0 bridgehead atoms. The summed E-state index contributed by atoms with van der Waals surface area (Å²) in [5.74, 6) is 0.391. The Balaban J connectivity index is 1.45. The molecule has 1 aromatic heterocycles. The lowest BCUT2D eigenvalue weighted by atomic mass is 9.77. The van der Waals surface area contributed by atoms with E-state index in [4.69, 9.17) is 4.74 Å². The average molecular weight is 514 g/mol. The van der Waals surface area contributed by atoms with Gasteiger partial charge in [-0.05, 0) is 71.4 Å². The third-order valence-electron chi connectivity index (χ3n) is 6.96. The minimum Gasteiger partial charge on any atom is -0.494 e. The number of aromatic amines is 1. The molecule has 3 aromatic rings. The third kappa shape index (κ3) is 5.08. The zero-order chi connectivity index (χ0) is 26.2. The first kappa shape index (κ1) is 24.9. The molecule has 2 aliphatic rings. The minimum absolute atomic E-state index is 0.0242. The molecule has 0 saturated carbocycles. The molecular weight excluding hydrogens is 487 g/mol. The highest BCUT2D eigenvalue weighted by Gasteiger charge is 2.46. The molecule has 1 unspecified atom stereocenters. The fourth-order valence-corrected chi connectivity index (χ4v) is 5.16. The maximum Gasteiger partial charge on any atom is 0.389 e. The van der Waals surface area contributed by atoms with Crippen LogP contribution in [0.3, 0.4) is 0 Å². The summed E-state index contributed by atoms with van der Waals surface area (Å²) >= 11 is 0. The van der Waals surface area contributed by atoms with Crippen LogP contribution in [0, 0.1) is 0 Å². The number of rotatable bonds is 7. The van der Waals surface area contributed by atoms with Gasteiger partial charge in [0.25, 0.3) is 5.91 Å². The van der Waals surface area contributed by atoms with E-state index in [0.29, 0.717) is 30.6 Å². The van der Waals surface area contributed by atoms with Crippen molar-refractivity contribution in [2.24, 2.45) is 0 Å². The number of aryl methyl sites for hydroxylation is 1. The van der Waals surface area contributed by atoms with Crippen molar-refractivity contribution in [3.63, 3.8) is 0 Å². The number of halogens is 3.